The van der Waals surface area contributed by atoms with Gasteiger partial charge in [0.1, 0.15) is 24.0 Å². The number of benzene rings is 2. The highest BCUT2D eigenvalue weighted by Crippen LogP contribution is 2.42. The van der Waals surface area contributed by atoms with Crippen LogP contribution in [0.15, 0.2) is 48.5 Å². The van der Waals surface area contributed by atoms with Crippen molar-refractivity contribution in [3.63, 3.8) is 0 Å². The second-order valence-corrected chi connectivity index (χ2v) is 14.9. The highest BCUT2D eigenvalue weighted by Gasteiger charge is 2.47. The van der Waals surface area contributed by atoms with Crippen molar-refractivity contribution < 1.29 is 33.7 Å². The number of carboxylic acids is 1. The fourth-order valence-electron chi connectivity index (χ4n) is 8.25. The van der Waals surface area contributed by atoms with E-state index in [9.17, 15) is 19.5 Å². The number of amides is 1. The van der Waals surface area contributed by atoms with E-state index in [2.05, 4.69) is 17.0 Å². The van der Waals surface area contributed by atoms with Crippen LogP contribution in [0, 0.1) is 17.8 Å². The lowest BCUT2D eigenvalue weighted by atomic mass is 9.85. The van der Waals surface area contributed by atoms with Crippen molar-refractivity contribution in [1.29, 1.82) is 0 Å². The minimum atomic E-state index is -1.08. The van der Waals surface area contributed by atoms with Crippen molar-refractivity contribution in [2.45, 2.75) is 88.9 Å². The molecule has 2 aromatic carbocycles. The van der Waals surface area contributed by atoms with Gasteiger partial charge in [0.2, 0.25) is 11.8 Å². The number of carbonyl (C=O) groups is 3. The van der Waals surface area contributed by atoms with Crippen LogP contribution in [0.25, 0.3) is 10.9 Å². The molecule has 0 unspecified atom stereocenters. The lowest BCUT2D eigenvalue weighted by Gasteiger charge is -2.29. The molecule has 0 radical (unpaired) electrons. The molecule has 4 aliphatic rings. The van der Waals surface area contributed by atoms with Crippen LogP contribution in [0.2, 0.25) is 0 Å². The number of hydrogen-bond donors (Lipinski definition) is 1. The van der Waals surface area contributed by atoms with Crippen molar-refractivity contribution in [2.24, 2.45) is 17.8 Å². The summed E-state index contributed by atoms with van der Waals surface area (Å²) in [5, 5.41) is 11.3. The first-order valence-electron chi connectivity index (χ1n) is 18.4. The summed E-state index contributed by atoms with van der Waals surface area (Å²) in [6, 6.07) is 15.0. The van der Waals surface area contributed by atoms with Crippen LogP contribution in [0.5, 0.6) is 11.6 Å². The highest BCUT2D eigenvalue weighted by molar-refractivity contribution is 5.89. The third-order valence-electron chi connectivity index (χ3n) is 11.0. The zero-order valence-corrected chi connectivity index (χ0v) is 29.2. The average molecular weight is 684 g/mol. The molecule has 2 fully saturated rings. The second-order valence-electron chi connectivity index (χ2n) is 14.9. The maximum absolute atomic E-state index is 14.5. The topological polar surface area (TPSA) is 118 Å². The smallest absolute Gasteiger partial charge is 0.326 e. The zero-order valence-electron chi connectivity index (χ0n) is 29.2. The van der Waals surface area contributed by atoms with Crippen LogP contribution in [0.1, 0.15) is 68.1 Å². The number of carbonyl (C=O) groups excluding carboxylic acids is 2. The molecule has 1 aromatic heterocycles. The van der Waals surface area contributed by atoms with Gasteiger partial charge >= 0.3 is 11.9 Å². The van der Waals surface area contributed by atoms with E-state index < -0.39 is 24.0 Å². The van der Waals surface area contributed by atoms with Gasteiger partial charge in [0.25, 0.3) is 0 Å². The average Bonchev–Trinajstić information content (AvgIpc) is 3.46. The van der Waals surface area contributed by atoms with E-state index >= 15 is 0 Å². The zero-order chi connectivity index (χ0) is 34.8. The van der Waals surface area contributed by atoms with Gasteiger partial charge in [-0.3, -0.25) is 9.59 Å². The van der Waals surface area contributed by atoms with Gasteiger partial charge in [-0.25, -0.2) is 9.78 Å². The van der Waals surface area contributed by atoms with E-state index in [1.807, 2.05) is 50.5 Å². The normalized spacial score (nSPS) is 26.0. The monoisotopic (exact) mass is 683 g/mol. The van der Waals surface area contributed by atoms with E-state index in [1.165, 1.54) is 16.0 Å². The number of pyridine rings is 1. The Morgan fingerprint density at radius 2 is 1.72 bits per heavy atom. The highest BCUT2D eigenvalue weighted by atomic mass is 16.5. The fourth-order valence-corrected chi connectivity index (χ4v) is 8.25. The van der Waals surface area contributed by atoms with Gasteiger partial charge in [-0.15, -0.1) is 0 Å². The van der Waals surface area contributed by atoms with Crippen molar-refractivity contribution >= 4 is 28.7 Å². The van der Waals surface area contributed by atoms with Gasteiger partial charge in [0.05, 0.1) is 36.6 Å². The lowest BCUT2D eigenvalue weighted by Crippen LogP contribution is -2.46. The maximum Gasteiger partial charge on any atom is 0.326 e. The third kappa shape index (κ3) is 7.60. The summed E-state index contributed by atoms with van der Waals surface area (Å²) in [4.78, 5) is 49.1. The number of rotatable bonds is 7. The first-order chi connectivity index (χ1) is 24.2. The Hall–Kier alpha value is -4.18. The van der Waals surface area contributed by atoms with Crippen LogP contribution in [-0.2, 0) is 38.4 Å². The summed E-state index contributed by atoms with van der Waals surface area (Å²) in [6.45, 7) is 1.54. The number of aliphatic carboxylic acids is 1. The Balaban J connectivity index is 1.21. The van der Waals surface area contributed by atoms with E-state index in [-0.39, 0.29) is 43.3 Å². The molecule has 2 aliphatic carbocycles. The Morgan fingerprint density at radius 3 is 2.48 bits per heavy atom. The van der Waals surface area contributed by atoms with Crippen LogP contribution >= 0.6 is 0 Å². The first kappa shape index (κ1) is 34.3. The maximum atomic E-state index is 14.5. The van der Waals surface area contributed by atoms with E-state index in [4.69, 9.17) is 19.2 Å². The van der Waals surface area contributed by atoms with Crippen molar-refractivity contribution in [1.82, 2.24) is 14.8 Å². The Morgan fingerprint density at radius 1 is 0.960 bits per heavy atom. The Bertz CT molecular complexity index is 1700. The summed E-state index contributed by atoms with van der Waals surface area (Å²) in [7, 11) is 4.09. The summed E-state index contributed by atoms with van der Waals surface area (Å²) in [6.07, 6.45) is 7.03. The van der Waals surface area contributed by atoms with Crippen LogP contribution in [0.4, 0.5) is 0 Å². The molecule has 2 bridgehead atoms. The van der Waals surface area contributed by atoms with Crippen LogP contribution in [-0.4, -0.2) is 89.8 Å². The summed E-state index contributed by atoms with van der Waals surface area (Å²) < 4.78 is 19.1. The van der Waals surface area contributed by atoms with Crippen LogP contribution < -0.4 is 9.47 Å². The molecule has 1 saturated carbocycles. The fraction of sp³-hybridized carbons (Fsp3) is 0.550. The number of esters is 1. The SMILES string of the molecule is CN(C)CCCOc1c2c(nc3ccccc13)O[C@@H]1C[C@@H](C(=O)O)N(C1)C(=O)[C@H](C1Cc3ccccc3C1)CC(=O)O[C@@H]1C[C@H]1CCCCC2. The number of hydrogen-bond acceptors (Lipinski definition) is 8. The first-order valence-corrected chi connectivity index (χ1v) is 18.4. The molecular weight excluding hydrogens is 634 g/mol. The molecule has 0 spiro atoms. The third-order valence-corrected chi connectivity index (χ3v) is 11.0. The van der Waals surface area contributed by atoms with Crippen molar-refractivity contribution in [3.8, 4) is 11.6 Å². The minimum Gasteiger partial charge on any atom is -0.492 e. The molecular formula is C40H49N3O7. The standard InChI is InChI=1S/C40H49N3O7/c1-42(2)17-10-18-48-37-30-14-8-9-16-33(30)41-38-31(37)15-5-3-4-13-27-21-35(27)50-36(44)23-32(28-19-25-11-6-7-12-26(25)20-28)39(45)43-24-29(49-38)22-34(43)40(46)47/h6-9,11-12,14,16,27-29,32,34-35H,3-5,10,13,15,17-24H2,1-2H3,(H,46,47)/t27-,29-,32+,34+,35-/m1/s1. The molecule has 50 heavy (non-hydrogen) atoms. The second kappa shape index (κ2) is 15.0. The number of ether oxygens (including phenoxy) is 3. The van der Waals surface area contributed by atoms with Crippen molar-refractivity contribution in [2.75, 3.05) is 33.8 Å². The van der Waals surface area contributed by atoms with E-state index in [0.717, 1.165) is 67.3 Å². The Labute approximate surface area is 294 Å². The predicted octanol–water partition coefficient (Wildman–Crippen LogP) is 5.47. The lowest BCUT2D eigenvalue weighted by molar-refractivity contribution is -0.155. The molecule has 3 heterocycles. The van der Waals surface area contributed by atoms with Gasteiger partial charge < -0.3 is 29.1 Å². The predicted molar refractivity (Wildman–Crippen MR) is 188 cm³/mol. The molecule has 2 aliphatic heterocycles. The molecule has 266 valence electrons. The largest absolute Gasteiger partial charge is 0.492 e. The number of fused-ring (bicyclic) bond motifs is 6. The molecule has 5 atom stereocenters. The van der Waals surface area contributed by atoms with Gasteiger partial charge in [-0.2, -0.15) is 0 Å². The van der Waals surface area contributed by atoms with Crippen LogP contribution in [0.3, 0.4) is 0 Å². The number of nitrogens with zero attached hydrogens (tertiary/aromatic N) is 3. The van der Waals surface area contributed by atoms with Gasteiger partial charge in [0.15, 0.2) is 0 Å². The summed E-state index contributed by atoms with van der Waals surface area (Å²) in [5.41, 5.74) is 3.99. The van der Waals surface area contributed by atoms with E-state index in [0.29, 0.717) is 37.7 Å². The number of aromatic nitrogens is 1. The molecule has 7 rings (SSSR count). The molecule has 10 heteroatoms. The number of carboxylic acid groups (broad SMARTS) is 1. The molecule has 3 aromatic rings. The number of para-hydroxylation sites is 1. The van der Waals surface area contributed by atoms with Gasteiger partial charge in [-0.1, -0.05) is 49.2 Å². The van der Waals surface area contributed by atoms with Gasteiger partial charge in [-0.05, 0) is 94.1 Å². The summed E-state index contributed by atoms with van der Waals surface area (Å²) >= 11 is 0. The minimum absolute atomic E-state index is 0.0556. The molecule has 1 amide bonds. The van der Waals surface area contributed by atoms with Gasteiger partial charge in [0, 0.05) is 18.4 Å². The van der Waals surface area contributed by atoms with Crippen molar-refractivity contribution in [3.05, 3.63) is 65.2 Å². The quantitative estimate of drug-likeness (QED) is 0.256. The van der Waals surface area contributed by atoms with E-state index in [1.54, 1.807) is 0 Å². The molecule has 1 saturated heterocycles. The molecule has 10 nitrogen and oxygen atoms in total. The Kier molecular flexibility index (Phi) is 10.3. The molecule has 1 N–H and O–H groups in total. The summed E-state index contributed by atoms with van der Waals surface area (Å²) in [5.74, 6) is -1.01.